The van der Waals surface area contributed by atoms with Crippen molar-refractivity contribution in [2.24, 2.45) is 0 Å². The van der Waals surface area contributed by atoms with Gasteiger partial charge in [0.2, 0.25) is 0 Å². The van der Waals surface area contributed by atoms with E-state index in [1.165, 1.54) is 0 Å². The van der Waals surface area contributed by atoms with Crippen LogP contribution < -0.4 is 4.74 Å². The van der Waals surface area contributed by atoms with E-state index in [1.807, 2.05) is 29.2 Å². The van der Waals surface area contributed by atoms with Crippen LogP contribution >= 0.6 is 0 Å². The Morgan fingerprint density at radius 3 is 2.86 bits per heavy atom. The number of amides is 1. The Labute approximate surface area is 164 Å². The summed E-state index contributed by atoms with van der Waals surface area (Å²) in [6.45, 7) is 1.37. The number of hydrogen-bond donors (Lipinski definition) is 0. The highest BCUT2D eigenvalue weighted by Crippen LogP contribution is 2.28. The van der Waals surface area contributed by atoms with Crippen LogP contribution in [-0.4, -0.2) is 41.0 Å². The zero-order chi connectivity index (χ0) is 19.3. The second-order valence-electron chi connectivity index (χ2n) is 7.02. The average molecular weight is 377 g/mol. The van der Waals surface area contributed by atoms with Crippen LogP contribution in [0.15, 0.2) is 59.4 Å². The number of likely N-dealkylation sites (tertiary alicyclic amines) is 1. The third-order valence-electron chi connectivity index (χ3n) is 5.08. The van der Waals surface area contributed by atoms with E-state index in [1.54, 1.807) is 37.8 Å². The smallest absolute Gasteiger partial charge is 0.255 e. The summed E-state index contributed by atoms with van der Waals surface area (Å²) in [4.78, 5) is 23.1. The van der Waals surface area contributed by atoms with Crippen molar-refractivity contribution in [2.45, 2.75) is 25.2 Å². The molecular formula is C22H23N3O3. The molecule has 0 N–H and O–H groups in total. The average Bonchev–Trinajstić information content (AvgIpc) is 3.23. The number of oxazole rings is 1. The summed E-state index contributed by atoms with van der Waals surface area (Å²) in [5, 5.41) is 0. The molecule has 6 nitrogen and oxygen atoms in total. The van der Waals surface area contributed by atoms with Crippen molar-refractivity contribution in [3.8, 4) is 5.75 Å². The number of benzene rings is 1. The predicted molar refractivity (Wildman–Crippen MR) is 104 cm³/mol. The number of rotatable bonds is 5. The Kier molecular flexibility index (Phi) is 5.37. The first-order valence-electron chi connectivity index (χ1n) is 9.50. The van der Waals surface area contributed by atoms with Crippen LogP contribution in [0.25, 0.3) is 0 Å². The Morgan fingerprint density at radius 2 is 2.11 bits per heavy atom. The molecule has 1 unspecified atom stereocenters. The molecule has 0 bridgehead atoms. The summed E-state index contributed by atoms with van der Waals surface area (Å²) in [5.41, 5.74) is 1.76. The number of ether oxygens (including phenoxy) is 1. The largest absolute Gasteiger partial charge is 0.497 e. The van der Waals surface area contributed by atoms with Crippen LogP contribution in [0, 0.1) is 0 Å². The molecular weight excluding hydrogens is 354 g/mol. The lowest BCUT2D eigenvalue weighted by Crippen LogP contribution is -2.39. The van der Waals surface area contributed by atoms with Crippen molar-refractivity contribution in [3.05, 3.63) is 77.8 Å². The number of aromatic nitrogens is 2. The maximum atomic E-state index is 12.7. The molecule has 2 aromatic heterocycles. The number of carbonyl (C=O) groups is 1. The van der Waals surface area contributed by atoms with E-state index in [0.29, 0.717) is 24.4 Å². The summed E-state index contributed by atoms with van der Waals surface area (Å²) in [5.74, 6) is 2.52. The first kappa shape index (κ1) is 18.2. The first-order chi connectivity index (χ1) is 13.7. The van der Waals surface area contributed by atoms with Gasteiger partial charge >= 0.3 is 0 Å². The van der Waals surface area contributed by atoms with Crippen LogP contribution in [0.2, 0.25) is 0 Å². The molecule has 0 spiro atoms. The zero-order valence-electron chi connectivity index (χ0n) is 15.9. The minimum atomic E-state index is 0.0165. The number of nitrogens with zero attached hydrogens (tertiary/aromatic N) is 3. The molecule has 28 heavy (non-hydrogen) atoms. The third-order valence-corrected chi connectivity index (χ3v) is 5.08. The lowest BCUT2D eigenvalue weighted by Gasteiger charge is -2.31. The van der Waals surface area contributed by atoms with Crippen LogP contribution in [0.1, 0.15) is 46.3 Å². The highest BCUT2D eigenvalue weighted by molar-refractivity contribution is 5.93. The fourth-order valence-corrected chi connectivity index (χ4v) is 3.57. The number of methoxy groups -OCH3 is 1. The van der Waals surface area contributed by atoms with Gasteiger partial charge in [-0.15, -0.1) is 0 Å². The van der Waals surface area contributed by atoms with Crippen LogP contribution in [0.3, 0.4) is 0 Å². The van der Waals surface area contributed by atoms with Crippen molar-refractivity contribution < 1.29 is 13.9 Å². The van der Waals surface area contributed by atoms with Gasteiger partial charge < -0.3 is 14.1 Å². The molecule has 1 amide bonds. The number of piperidine rings is 1. The van der Waals surface area contributed by atoms with E-state index in [4.69, 9.17) is 9.15 Å². The molecule has 1 fully saturated rings. The Bertz CT molecular complexity index is 922. The number of pyridine rings is 1. The normalized spacial score (nSPS) is 16.8. The molecule has 3 aromatic rings. The summed E-state index contributed by atoms with van der Waals surface area (Å²) in [7, 11) is 1.66. The van der Waals surface area contributed by atoms with Gasteiger partial charge in [-0.05, 0) is 42.7 Å². The van der Waals surface area contributed by atoms with Gasteiger partial charge in [-0.3, -0.25) is 9.78 Å². The van der Waals surface area contributed by atoms with Crippen LogP contribution in [-0.2, 0) is 6.42 Å². The van der Waals surface area contributed by atoms with E-state index >= 15 is 0 Å². The Morgan fingerprint density at radius 1 is 1.25 bits per heavy atom. The third kappa shape index (κ3) is 4.06. The van der Waals surface area contributed by atoms with Crippen molar-refractivity contribution in [1.82, 2.24) is 14.9 Å². The molecule has 4 rings (SSSR count). The fraction of sp³-hybridized carbons (Fsp3) is 0.318. The van der Waals surface area contributed by atoms with Crippen molar-refractivity contribution in [1.29, 1.82) is 0 Å². The SMILES string of the molecule is COc1ccc(Cc2cnc(C3CCCN(C(=O)c4cccnc4)C3)o2)cc1. The topological polar surface area (TPSA) is 68.5 Å². The van der Waals surface area contributed by atoms with E-state index in [-0.39, 0.29) is 11.8 Å². The molecule has 1 saturated heterocycles. The van der Waals surface area contributed by atoms with Crippen molar-refractivity contribution >= 4 is 5.91 Å². The lowest BCUT2D eigenvalue weighted by molar-refractivity contribution is 0.0697. The summed E-state index contributed by atoms with van der Waals surface area (Å²) in [6.07, 6.45) is 7.67. The minimum Gasteiger partial charge on any atom is -0.497 e. The monoisotopic (exact) mass is 377 g/mol. The Balaban J connectivity index is 1.42. The van der Waals surface area contributed by atoms with Gasteiger partial charge in [-0.1, -0.05) is 12.1 Å². The standard InChI is InChI=1S/C22H23N3O3/c1-27-19-8-6-16(7-9-19)12-20-14-24-21(28-20)18-5-3-11-25(15-18)22(26)17-4-2-10-23-13-17/h2,4,6-10,13-14,18H,3,5,11-12,15H2,1H3. The Hall–Kier alpha value is -3.15. The molecule has 1 atom stereocenters. The van der Waals surface area contributed by atoms with Gasteiger partial charge in [-0.2, -0.15) is 0 Å². The molecule has 6 heteroatoms. The highest BCUT2D eigenvalue weighted by Gasteiger charge is 2.28. The molecule has 3 heterocycles. The molecule has 1 aromatic carbocycles. The molecule has 1 aliphatic rings. The second kappa shape index (κ2) is 8.25. The zero-order valence-corrected chi connectivity index (χ0v) is 15.9. The fourth-order valence-electron chi connectivity index (χ4n) is 3.57. The van der Waals surface area contributed by atoms with Crippen LogP contribution in [0.4, 0.5) is 0 Å². The van der Waals surface area contributed by atoms with Gasteiger partial charge in [-0.25, -0.2) is 4.98 Å². The molecule has 0 radical (unpaired) electrons. The van der Waals surface area contributed by atoms with E-state index in [9.17, 15) is 4.79 Å². The second-order valence-corrected chi connectivity index (χ2v) is 7.02. The van der Waals surface area contributed by atoms with E-state index in [2.05, 4.69) is 9.97 Å². The molecule has 0 aliphatic carbocycles. The molecule has 1 aliphatic heterocycles. The van der Waals surface area contributed by atoms with Gasteiger partial charge in [0.25, 0.3) is 5.91 Å². The highest BCUT2D eigenvalue weighted by atomic mass is 16.5. The van der Waals surface area contributed by atoms with Gasteiger partial charge in [0.1, 0.15) is 11.5 Å². The summed E-state index contributed by atoms with van der Waals surface area (Å²) < 4.78 is 11.2. The van der Waals surface area contributed by atoms with Gasteiger partial charge in [0.15, 0.2) is 5.89 Å². The van der Waals surface area contributed by atoms with Crippen molar-refractivity contribution in [3.63, 3.8) is 0 Å². The van der Waals surface area contributed by atoms with Gasteiger partial charge in [0, 0.05) is 31.9 Å². The molecule has 144 valence electrons. The van der Waals surface area contributed by atoms with Crippen LogP contribution in [0.5, 0.6) is 5.75 Å². The van der Waals surface area contributed by atoms with E-state index in [0.717, 1.165) is 36.5 Å². The summed E-state index contributed by atoms with van der Waals surface area (Å²) in [6, 6.07) is 11.5. The summed E-state index contributed by atoms with van der Waals surface area (Å²) >= 11 is 0. The lowest BCUT2D eigenvalue weighted by atomic mass is 9.97. The number of carbonyl (C=O) groups excluding carboxylic acids is 1. The maximum absolute atomic E-state index is 12.7. The maximum Gasteiger partial charge on any atom is 0.255 e. The minimum absolute atomic E-state index is 0.0165. The quantitative estimate of drug-likeness (QED) is 0.678. The number of hydrogen-bond acceptors (Lipinski definition) is 5. The first-order valence-corrected chi connectivity index (χ1v) is 9.50. The predicted octanol–water partition coefficient (Wildman–Crippen LogP) is 3.69. The molecule has 0 saturated carbocycles. The van der Waals surface area contributed by atoms with Gasteiger partial charge in [0.05, 0.1) is 24.8 Å². The van der Waals surface area contributed by atoms with Crippen molar-refractivity contribution in [2.75, 3.05) is 20.2 Å². The van der Waals surface area contributed by atoms with E-state index < -0.39 is 0 Å².